The molecule has 0 amide bonds. The second-order valence-electron chi connectivity index (χ2n) is 3.61. The minimum Gasteiger partial charge on any atom is -0.302 e. The molecule has 0 saturated carbocycles. The van der Waals surface area contributed by atoms with E-state index in [0.29, 0.717) is 0 Å². The lowest BCUT2D eigenvalue weighted by Gasteiger charge is -2.12. The molecule has 1 unspecified atom stereocenters. The van der Waals surface area contributed by atoms with E-state index in [9.17, 15) is 0 Å². The van der Waals surface area contributed by atoms with Crippen molar-refractivity contribution in [3.05, 3.63) is 24.5 Å². The Hall–Kier alpha value is -0.540. The number of likely N-dealkylation sites (tertiary alicyclic amines) is 1. The average molecular weight is 208 g/mol. The molecule has 1 aliphatic rings. The zero-order chi connectivity index (χ0) is 9.80. The molecule has 2 rings (SSSR count). The van der Waals surface area contributed by atoms with Crippen LogP contribution in [0.1, 0.15) is 13.3 Å². The maximum atomic E-state index is 4.13. The van der Waals surface area contributed by atoms with Crippen molar-refractivity contribution in [3.8, 4) is 0 Å². The molecule has 2 heterocycles. The van der Waals surface area contributed by atoms with Crippen LogP contribution in [0.5, 0.6) is 0 Å². The van der Waals surface area contributed by atoms with Gasteiger partial charge in [-0.05, 0) is 31.6 Å². The van der Waals surface area contributed by atoms with Gasteiger partial charge in [0.2, 0.25) is 0 Å². The molecule has 0 N–H and O–H groups in total. The van der Waals surface area contributed by atoms with E-state index in [1.165, 1.54) is 31.0 Å². The summed E-state index contributed by atoms with van der Waals surface area (Å²) >= 11 is 1.97. The summed E-state index contributed by atoms with van der Waals surface area (Å²) in [5.74, 6) is 0. The number of pyridine rings is 1. The average Bonchev–Trinajstić information content (AvgIpc) is 2.67. The van der Waals surface area contributed by atoms with Crippen LogP contribution < -0.4 is 0 Å². The molecule has 0 aliphatic carbocycles. The van der Waals surface area contributed by atoms with Gasteiger partial charge in [0.25, 0.3) is 0 Å². The fraction of sp³-hybridized carbons (Fsp3) is 0.545. The largest absolute Gasteiger partial charge is 0.302 e. The molecular formula is C11H16N2S. The van der Waals surface area contributed by atoms with Crippen LogP contribution in [0, 0.1) is 0 Å². The summed E-state index contributed by atoms with van der Waals surface area (Å²) in [7, 11) is 0. The molecule has 1 fully saturated rings. The van der Waals surface area contributed by atoms with Crippen molar-refractivity contribution in [1.82, 2.24) is 9.88 Å². The third-order valence-electron chi connectivity index (χ3n) is 2.61. The highest BCUT2D eigenvalue weighted by molar-refractivity contribution is 8.00. The summed E-state index contributed by atoms with van der Waals surface area (Å²) in [5.41, 5.74) is 0. The first-order valence-corrected chi connectivity index (χ1v) is 6.05. The van der Waals surface area contributed by atoms with Crippen LogP contribution in [0.2, 0.25) is 0 Å². The molecule has 76 valence electrons. The molecule has 1 aliphatic heterocycles. The molecule has 14 heavy (non-hydrogen) atoms. The number of hydrogen-bond acceptors (Lipinski definition) is 3. The van der Waals surface area contributed by atoms with E-state index < -0.39 is 0 Å². The fourth-order valence-corrected chi connectivity index (χ4v) is 2.96. The highest BCUT2D eigenvalue weighted by Crippen LogP contribution is 2.28. The van der Waals surface area contributed by atoms with Gasteiger partial charge in [-0.25, -0.2) is 0 Å². The number of rotatable bonds is 3. The molecule has 1 saturated heterocycles. The van der Waals surface area contributed by atoms with Crippen molar-refractivity contribution in [1.29, 1.82) is 0 Å². The fourth-order valence-electron chi connectivity index (χ4n) is 1.79. The van der Waals surface area contributed by atoms with Gasteiger partial charge < -0.3 is 4.90 Å². The predicted octanol–water partition coefficient (Wildman–Crippen LogP) is 2.27. The van der Waals surface area contributed by atoms with Gasteiger partial charge >= 0.3 is 0 Å². The zero-order valence-corrected chi connectivity index (χ0v) is 9.33. The molecule has 0 aromatic carbocycles. The van der Waals surface area contributed by atoms with Crippen molar-refractivity contribution >= 4 is 11.8 Å². The van der Waals surface area contributed by atoms with E-state index in [2.05, 4.69) is 22.9 Å². The second kappa shape index (κ2) is 4.80. The van der Waals surface area contributed by atoms with Crippen molar-refractivity contribution in [2.24, 2.45) is 0 Å². The number of thioether (sulfide) groups is 1. The first-order chi connectivity index (χ1) is 6.88. The van der Waals surface area contributed by atoms with E-state index in [1.807, 2.05) is 30.2 Å². The van der Waals surface area contributed by atoms with Crippen LogP contribution in [0.25, 0.3) is 0 Å². The van der Waals surface area contributed by atoms with E-state index in [-0.39, 0.29) is 0 Å². The van der Waals surface area contributed by atoms with Crippen LogP contribution in [0.3, 0.4) is 0 Å². The molecule has 1 aromatic heterocycles. The monoisotopic (exact) mass is 208 g/mol. The van der Waals surface area contributed by atoms with Gasteiger partial charge in [-0.3, -0.25) is 4.98 Å². The van der Waals surface area contributed by atoms with Crippen LogP contribution in [-0.4, -0.2) is 34.8 Å². The second-order valence-corrected chi connectivity index (χ2v) is 4.98. The highest BCUT2D eigenvalue weighted by Gasteiger charge is 2.21. The highest BCUT2D eigenvalue weighted by atomic mass is 32.2. The van der Waals surface area contributed by atoms with Crippen molar-refractivity contribution in [3.63, 3.8) is 0 Å². The third-order valence-corrected chi connectivity index (χ3v) is 3.85. The van der Waals surface area contributed by atoms with Gasteiger partial charge in [0, 0.05) is 29.1 Å². The lowest BCUT2D eigenvalue weighted by Crippen LogP contribution is -2.20. The van der Waals surface area contributed by atoms with Gasteiger partial charge in [0.05, 0.1) is 0 Å². The maximum absolute atomic E-state index is 4.13. The first kappa shape index (κ1) is 9.99. The van der Waals surface area contributed by atoms with Crippen LogP contribution in [0.4, 0.5) is 0 Å². The lowest BCUT2D eigenvalue weighted by molar-refractivity contribution is 0.360. The summed E-state index contributed by atoms with van der Waals surface area (Å²) in [5, 5.41) is 0.763. The smallest absolute Gasteiger partial charge is 0.0403 e. The van der Waals surface area contributed by atoms with E-state index >= 15 is 0 Å². The van der Waals surface area contributed by atoms with Gasteiger partial charge in [-0.1, -0.05) is 6.92 Å². The SMILES string of the molecule is CCN1CCC(Sc2cccnc2)C1. The summed E-state index contributed by atoms with van der Waals surface area (Å²) in [6.07, 6.45) is 5.10. The number of nitrogens with zero attached hydrogens (tertiary/aromatic N) is 2. The first-order valence-electron chi connectivity index (χ1n) is 5.17. The Labute approximate surface area is 89.7 Å². The Bertz CT molecular complexity index is 276. The molecule has 0 spiro atoms. The Morgan fingerprint density at radius 1 is 1.64 bits per heavy atom. The Kier molecular flexibility index (Phi) is 3.43. The topological polar surface area (TPSA) is 16.1 Å². The van der Waals surface area contributed by atoms with E-state index in [1.54, 1.807) is 0 Å². The predicted molar refractivity (Wildman–Crippen MR) is 60.6 cm³/mol. The summed E-state index contributed by atoms with van der Waals surface area (Å²) < 4.78 is 0. The number of aromatic nitrogens is 1. The standard InChI is InChI=1S/C11H16N2S/c1-2-13-7-5-11(9-13)14-10-4-3-6-12-8-10/h3-4,6,8,11H,2,5,7,9H2,1H3. The Morgan fingerprint density at radius 2 is 2.57 bits per heavy atom. The molecule has 2 nitrogen and oxygen atoms in total. The van der Waals surface area contributed by atoms with Crippen molar-refractivity contribution in [2.75, 3.05) is 19.6 Å². The van der Waals surface area contributed by atoms with Crippen LogP contribution in [0.15, 0.2) is 29.4 Å². The van der Waals surface area contributed by atoms with E-state index in [4.69, 9.17) is 0 Å². The normalized spacial score (nSPS) is 22.8. The molecule has 1 aromatic rings. The van der Waals surface area contributed by atoms with Crippen LogP contribution >= 0.6 is 11.8 Å². The maximum Gasteiger partial charge on any atom is 0.0403 e. The van der Waals surface area contributed by atoms with Gasteiger partial charge in [-0.15, -0.1) is 11.8 Å². The summed E-state index contributed by atoms with van der Waals surface area (Å²) in [6.45, 7) is 5.91. The van der Waals surface area contributed by atoms with E-state index in [0.717, 1.165) is 5.25 Å². The quantitative estimate of drug-likeness (QED) is 0.758. The van der Waals surface area contributed by atoms with Crippen LogP contribution in [-0.2, 0) is 0 Å². The molecular weight excluding hydrogens is 192 g/mol. The van der Waals surface area contributed by atoms with Gasteiger partial charge in [-0.2, -0.15) is 0 Å². The number of hydrogen-bond donors (Lipinski definition) is 0. The molecule has 0 bridgehead atoms. The lowest BCUT2D eigenvalue weighted by atomic mass is 10.4. The molecule has 1 atom stereocenters. The summed E-state index contributed by atoms with van der Waals surface area (Å²) in [6, 6.07) is 4.15. The van der Waals surface area contributed by atoms with Crippen molar-refractivity contribution in [2.45, 2.75) is 23.5 Å². The van der Waals surface area contributed by atoms with Crippen molar-refractivity contribution < 1.29 is 0 Å². The molecule has 0 radical (unpaired) electrons. The summed E-state index contributed by atoms with van der Waals surface area (Å²) in [4.78, 5) is 7.94. The van der Waals surface area contributed by atoms with Gasteiger partial charge in [0.1, 0.15) is 0 Å². The third kappa shape index (κ3) is 2.49. The minimum atomic E-state index is 0.763. The van der Waals surface area contributed by atoms with Gasteiger partial charge in [0.15, 0.2) is 0 Å². The zero-order valence-electron chi connectivity index (χ0n) is 8.52. The molecule has 3 heteroatoms. The Balaban J connectivity index is 1.88. The Morgan fingerprint density at radius 3 is 3.21 bits per heavy atom. The minimum absolute atomic E-state index is 0.763.